The largest absolute Gasteiger partial charge is 0.454 e. The molecule has 0 fully saturated rings. The molecule has 0 saturated carbocycles. The van der Waals surface area contributed by atoms with Crippen LogP contribution in [0.4, 0.5) is 0 Å². The Morgan fingerprint density at radius 3 is 2.76 bits per heavy atom. The summed E-state index contributed by atoms with van der Waals surface area (Å²) in [4.78, 5) is 17.7. The Morgan fingerprint density at radius 2 is 2.00 bits per heavy atom. The molecule has 0 atom stereocenters. The number of rotatable bonds is 5. The standard InChI is InChI=1S/C19H18N2O6S2/c1-25-8-7-21-14-5-4-13(29(2,23)24)10-17(14)28-19(21)20-18(22)12-3-6-15-16(9-12)27-11-26-15/h3-6,9-10H,7-8,11H2,1-2H3. The first-order valence-electron chi connectivity index (χ1n) is 8.68. The van der Waals surface area contributed by atoms with E-state index in [1.54, 1.807) is 43.5 Å². The van der Waals surface area contributed by atoms with Crippen LogP contribution in [0.1, 0.15) is 10.4 Å². The number of thiazole rings is 1. The van der Waals surface area contributed by atoms with Crippen LogP contribution in [0, 0.1) is 0 Å². The quantitative estimate of drug-likeness (QED) is 0.611. The van der Waals surface area contributed by atoms with E-state index < -0.39 is 15.7 Å². The molecule has 1 aromatic heterocycles. The van der Waals surface area contributed by atoms with Crippen molar-refractivity contribution >= 4 is 37.3 Å². The first-order valence-corrected chi connectivity index (χ1v) is 11.4. The summed E-state index contributed by atoms with van der Waals surface area (Å²) in [5, 5.41) is 0. The number of sulfone groups is 1. The van der Waals surface area contributed by atoms with Gasteiger partial charge in [0.25, 0.3) is 5.91 Å². The van der Waals surface area contributed by atoms with Gasteiger partial charge in [-0.1, -0.05) is 11.3 Å². The lowest BCUT2D eigenvalue weighted by atomic mass is 10.2. The molecule has 0 unspecified atom stereocenters. The van der Waals surface area contributed by atoms with Crippen molar-refractivity contribution < 1.29 is 27.4 Å². The normalized spacial score (nSPS) is 13.9. The summed E-state index contributed by atoms with van der Waals surface area (Å²) >= 11 is 1.25. The van der Waals surface area contributed by atoms with Crippen LogP contribution < -0.4 is 14.3 Å². The van der Waals surface area contributed by atoms with Crippen LogP contribution in [-0.2, 0) is 21.1 Å². The average Bonchev–Trinajstić information content (AvgIpc) is 3.28. The van der Waals surface area contributed by atoms with Gasteiger partial charge in [-0.15, -0.1) is 0 Å². The first-order chi connectivity index (χ1) is 13.9. The summed E-state index contributed by atoms with van der Waals surface area (Å²) in [6.07, 6.45) is 1.16. The molecule has 0 spiro atoms. The molecule has 29 heavy (non-hydrogen) atoms. The van der Waals surface area contributed by atoms with Gasteiger partial charge in [-0.3, -0.25) is 4.79 Å². The number of nitrogens with zero attached hydrogens (tertiary/aromatic N) is 2. The second-order valence-electron chi connectivity index (χ2n) is 6.42. The number of aromatic nitrogens is 1. The maximum Gasteiger partial charge on any atom is 0.279 e. The number of amides is 1. The van der Waals surface area contributed by atoms with Crippen LogP contribution in [0.25, 0.3) is 10.2 Å². The van der Waals surface area contributed by atoms with Crippen molar-refractivity contribution in [3.05, 3.63) is 46.8 Å². The number of hydrogen-bond acceptors (Lipinski definition) is 7. The van der Waals surface area contributed by atoms with Crippen LogP contribution in [0.15, 0.2) is 46.3 Å². The minimum absolute atomic E-state index is 0.125. The van der Waals surface area contributed by atoms with E-state index in [4.69, 9.17) is 14.2 Å². The van der Waals surface area contributed by atoms with Crippen molar-refractivity contribution in [2.45, 2.75) is 11.4 Å². The van der Waals surface area contributed by atoms with Crippen LogP contribution in [-0.4, -0.2) is 45.7 Å². The summed E-state index contributed by atoms with van der Waals surface area (Å²) in [5.74, 6) is 0.670. The van der Waals surface area contributed by atoms with Gasteiger partial charge in [0.05, 0.1) is 21.7 Å². The Balaban J connectivity index is 1.81. The summed E-state index contributed by atoms with van der Waals surface area (Å²) in [6, 6.07) is 9.78. The Kier molecular flexibility index (Phi) is 5.15. The van der Waals surface area contributed by atoms with Gasteiger partial charge in [0, 0.05) is 25.5 Å². The van der Waals surface area contributed by atoms with Gasteiger partial charge in [0.2, 0.25) is 6.79 Å². The predicted octanol–water partition coefficient (Wildman–Crippen LogP) is 2.22. The fourth-order valence-electron chi connectivity index (χ4n) is 2.95. The first kappa shape index (κ1) is 19.6. The average molecular weight is 434 g/mol. The third-order valence-electron chi connectivity index (χ3n) is 4.42. The molecular weight excluding hydrogens is 416 g/mol. The van der Waals surface area contributed by atoms with Gasteiger partial charge in [0.1, 0.15) is 0 Å². The third-order valence-corrected chi connectivity index (χ3v) is 6.57. The molecule has 1 aliphatic heterocycles. The van der Waals surface area contributed by atoms with Crippen molar-refractivity contribution in [2.75, 3.05) is 26.8 Å². The zero-order chi connectivity index (χ0) is 20.6. The monoisotopic (exact) mass is 434 g/mol. The SMILES string of the molecule is COCCn1c(=NC(=O)c2ccc3c(c2)OCO3)sc2cc(S(C)(=O)=O)ccc21. The lowest BCUT2D eigenvalue weighted by molar-refractivity contribution is 0.0997. The summed E-state index contributed by atoms with van der Waals surface area (Å²) in [7, 11) is -1.75. The van der Waals surface area contributed by atoms with E-state index in [0.717, 1.165) is 16.5 Å². The molecule has 152 valence electrons. The van der Waals surface area contributed by atoms with Crippen LogP contribution in [0.5, 0.6) is 11.5 Å². The summed E-state index contributed by atoms with van der Waals surface area (Å²) in [6.45, 7) is 1.02. The zero-order valence-corrected chi connectivity index (χ0v) is 17.4. The van der Waals surface area contributed by atoms with Crippen molar-refractivity contribution in [1.29, 1.82) is 0 Å². The topological polar surface area (TPSA) is 96.2 Å². The van der Waals surface area contributed by atoms with E-state index in [2.05, 4.69) is 4.99 Å². The maximum absolute atomic E-state index is 12.7. The van der Waals surface area contributed by atoms with Gasteiger partial charge in [0.15, 0.2) is 26.1 Å². The molecule has 1 amide bonds. The van der Waals surface area contributed by atoms with Crippen molar-refractivity contribution in [2.24, 2.45) is 4.99 Å². The third kappa shape index (κ3) is 3.91. The molecular formula is C19H18N2O6S2. The predicted molar refractivity (Wildman–Crippen MR) is 107 cm³/mol. The number of methoxy groups -OCH3 is 1. The fraction of sp³-hybridized carbons (Fsp3) is 0.263. The Morgan fingerprint density at radius 1 is 1.21 bits per heavy atom. The summed E-state index contributed by atoms with van der Waals surface area (Å²) in [5.41, 5.74) is 1.17. The molecule has 0 N–H and O–H groups in total. The highest BCUT2D eigenvalue weighted by Crippen LogP contribution is 2.32. The van der Waals surface area contributed by atoms with Crippen LogP contribution in [0.3, 0.4) is 0 Å². The van der Waals surface area contributed by atoms with E-state index in [1.807, 2.05) is 4.57 Å². The van der Waals surface area contributed by atoms with Crippen LogP contribution in [0.2, 0.25) is 0 Å². The highest BCUT2D eigenvalue weighted by atomic mass is 32.2. The number of benzene rings is 2. The van der Waals surface area contributed by atoms with Gasteiger partial charge in [-0.25, -0.2) is 8.42 Å². The fourth-order valence-corrected chi connectivity index (χ4v) is 4.76. The molecule has 2 aromatic carbocycles. The molecule has 0 radical (unpaired) electrons. The van der Waals surface area contributed by atoms with E-state index in [-0.39, 0.29) is 11.7 Å². The number of carbonyl (C=O) groups is 1. The highest BCUT2D eigenvalue weighted by Gasteiger charge is 2.17. The van der Waals surface area contributed by atoms with E-state index in [0.29, 0.717) is 35.0 Å². The number of ether oxygens (including phenoxy) is 3. The zero-order valence-electron chi connectivity index (χ0n) is 15.7. The molecule has 4 rings (SSSR count). The van der Waals surface area contributed by atoms with E-state index in [9.17, 15) is 13.2 Å². The van der Waals surface area contributed by atoms with Crippen molar-refractivity contribution in [1.82, 2.24) is 4.57 Å². The van der Waals surface area contributed by atoms with E-state index >= 15 is 0 Å². The summed E-state index contributed by atoms with van der Waals surface area (Å²) < 4.78 is 42.1. The van der Waals surface area contributed by atoms with Gasteiger partial charge < -0.3 is 18.8 Å². The lowest BCUT2D eigenvalue weighted by Crippen LogP contribution is -2.19. The lowest BCUT2D eigenvalue weighted by Gasteiger charge is -2.05. The van der Waals surface area contributed by atoms with Gasteiger partial charge >= 0.3 is 0 Å². The van der Waals surface area contributed by atoms with E-state index in [1.165, 1.54) is 11.3 Å². The number of hydrogen-bond donors (Lipinski definition) is 0. The minimum atomic E-state index is -3.34. The second-order valence-corrected chi connectivity index (χ2v) is 9.44. The van der Waals surface area contributed by atoms with Crippen molar-refractivity contribution in [3.63, 3.8) is 0 Å². The molecule has 8 nitrogen and oxygen atoms in total. The number of fused-ring (bicyclic) bond motifs is 2. The second kappa shape index (κ2) is 7.62. The number of carbonyl (C=O) groups excluding carboxylic acids is 1. The molecule has 0 bridgehead atoms. The maximum atomic E-state index is 12.7. The Hall–Kier alpha value is -2.69. The molecule has 3 aromatic rings. The van der Waals surface area contributed by atoms with Gasteiger partial charge in [-0.05, 0) is 36.4 Å². The highest BCUT2D eigenvalue weighted by molar-refractivity contribution is 7.90. The Labute approximate surface area is 170 Å². The van der Waals surface area contributed by atoms with Crippen LogP contribution >= 0.6 is 11.3 Å². The Bertz CT molecular complexity index is 1270. The molecule has 10 heteroatoms. The molecule has 0 aliphatic carbocycles. The minimum Gasteiger partial charge on any atom is -0.454 e. The smallest absolute Gasteiger partial charge is 0.279 e. The van der Waals surface area contributed by atoms with Crippen molar-refractivity contribution in [3.8, 4) is 11.5 Å². The van der Waals surface area contributed by atoms with Gasteiger partial charge in [-0.2, -0.15) is 4.99 Å². The molecule has 2 heterocycles. The molecule has 0 saturated heterocycles. The molecule has 1 aliphatic rings.